The van der Waals surface area contributed by atoms with Gasteiger partial charge >= 0.3 is 0 Å². The van der Waals surface area contributed by atoms with Crippen LogP contribution in [0.5, 0.6) is 5.75 Å². The van der Waals surface area contributed by atoms with E-state index in [1.54, 1.807) is 23.9 Å². The zero-order valence-electron chi connectivity index (χ0n) is 12.3. The molecule has 0 fully saturated rings. The van der Waals surface area contributed by atoms with E-state index in [0.29, 0.717) is 0 Å². The Labute approximate surface area is 145 Å². The highest BCUT2D eigenvalue weighted by molar-refractivity contribution is 8.08. The minimum atomic E-state index is 0.272. The summed E-state index contributed by atoms with van der Waals surface area (Å²) in [4.78, 5) is 2.27. The highest BCUT2D eigenvalue weighted by Gasteiger charge is 2.05. The summed E-state index contributed by atoms with van der Waals surface area (Å²) in [5.41, 5.74) is 2.20. The summed E-state index contributed by atoms with van der Waals surface area (Å²) in [6.45, 7) is 0. The molecular weight excluding hydrogens is 324 g/mol. The molecule has 0 bridgehead atoms. The molecule has 3 aromatic carbocycles. The Kier molecular flexibility index (Phi) is 5.06. The van der Waals surface area contributed by atoms with Gasteiger partial charge in [0.1, 0.15) is 5.75 Å². The second-order valence-electron chi connectivity index (χ2n) is 5.02. The topological polar surface area (TPSA) is 20.2 Å². The normalized spacial score (nSPS) is 11.4. The predicted octanol–water partition coefficient (Wildman–Crippen LogP) is 6.34. The van der Waals surface area contributed by atoms with Gasteiger partial charge in [-0.3, -0.25) is 0 Å². The van der Waals surface area contributed by atoms with E-state index >= 15 is 0 Å². The van der Waals surface area contributed by atoms with Gasteiger partial charge in [0.25, 0.3) is 0 Å². The lowest BCUT2D eigenvalue weighted by molar-refractivity contribution is 0.475. The van der Waals surface area contributed by atoms with Crippen LogP contribution in [0.2, 0.25) is 5.02 Å². The molecule has 1 nitrogen and oxygen atoms in total. The highest BCUT2D eigenvalue weighted by atomic mass is 35.5. The molecule has 0 amide bonds. The van der Waals surface area contributed by atoms with E-state index in [9.17, 15) is 5.11 Å². The van der Waals surface area contributed by atoms with Crippen LogP contribution in [-0.2, 0) is 0 Å². The van der Waals surface area contributed by atoms with Gasteiger partial charge in [-0.15, -0.1) is 0 Å². The van der Waals surface area contributed by atoms with Gasteiger partial charge in [0, 0.05) is 14.8 Å². The van der Waals surface area contributed by atoms with E-state index < -0.39 is 0 Å². The molecule has 3 heteroatoms. The number of phenolic OH excluding ortho intramolecular Hbond substituents is 1. The van der Waals surface area contributed by atoms with Crippen molar-refractivity contribution in [2.24, 2.45) is 0 Å². The van der Waals surface area contributed by atoms with Crippen molar-refractivity contribution in [3.63, 3.8) is 0 Å². The Morgan fingerprint density at radius 2 is 1.48 bits per heavy atom. The van der Waals surface area contributed by atoms with Gasteiger partial charge < -0.3 is 5.11 Å². The molecule has 3 rings (SSSR count). The molecular formula is C20H15ClOS. The fourth-order valence-electron chi connectivity index (χ4n) is 2.13. The third-order valence-corrected chi connectivity index (χ3v) is 4.62. The van der Waals surface area contributed by atoms with Crippen molar-refractivity contribution in [2.45, 2.75) is 4.90 Å². The lowest BCUT2D eigenvalue weighted by Crippen LogP contribution is -1.81. The van der Waals surface area contributed by atoms with Crippen molar-refractivity contribution in [2.75, 3.05) is 0 Å². The van der Waals surface area contributed by atoms with Crippen LogP contribution < -0.4 is 0 Å². The molecule has 0 radical (unpaired) electrons. The Morgan fingerprint density at radius 3 is 2.13 bits per heavy atom. The van der Waals surface area contributed by atoms with Gasteiger partial charge in [-0.05, 0) is 53.6 Å². The average molecular weight is 339 g/mol. The highest BCUT2D eigenvalue weighted by Crippen LogP contribution is 2.36. The molecule has 0 atom stereocenters. The molecule has 0 aliphatic heterocycles. The lowest BCUT2D eigenvalue weighted by atomic mass is 10.1. The monoisotopic (exact) mass is 338 g/mol. The zero-order chi connectivity index (χ0) is 16.1. The maximum absolute atomic E-state index is 9.43. The van der Waals surface area contributed by atoms with Crippen molar-refractivity contribution in [3.8, 4) is 5.75 Å². The second-order valence-corrected chi connectivity index (χ2v) is 6.57. The molecule has 0 unspecified atom stereocenters. The van der Waals surface area contributed by atoms with Crippen molar-refractivity contribution >= 4 is 34.3 Å². The third kappa shape index (κ3) is 4.41. The number of hydrogen-bond donors (Lipinski definition) is 1. The first-order valence-electron chi connectivity index (χ1n) is 7.20. The summed E-state index contributed by atoms with van der Waals surface area (Å²) in [5, 5.41) is 10.2. The Bertz CT molecular complexity index is 793. The molecule has 3 aromatic rings. The molecule has 0 spiro atoms. The number of benzene rings is 3. The molecule has 23 heavy (non-hydrogen) atoms. The largest absolute Gasteiger partial charge is 0.508 e. The Hall–Kier alpha value is -2.16. The quantitative estimate of drug-likeness (QED) is 0.442. The molecule has 0 aliphatic rings. The lowest BCUT2D eigenvalue weighted by Gasteiger charge is -2.08. The summed E-state index contributed by atoms with van der Waals surface area (Å²) in [6.07, 6.45) is 2.12. The maximum atomic E-state index is 9.43. The summed E-state index contributed by atoms with van der Waals surface area (Å²) >= 11 is 7.65. The number of aromatic hydroxyl groups is 1. The maximum Gasteiger partial charge on any atom is 0.115 e. The first kappa shape index (κ1) is 15.7. The number of rotatable bonds is 4. The van der Waals surface area contributed by atoms with Crippen molar-refractivity contribution in [3.05, 3.63) is 95.0 Å². The second kappa shape index (κ2) is 7.40. The smallest absolute Gasteiger partial charge is 0.115 e. The fourth-order valence-corrected chi connectivity index (χ4v) is 3.23. The van der Waals surface area contributed by atoms with E-state index in [0.717, 1.165) is 26.0 Å². The van der Waals surface area contributed by atoms with Gasteiger partial charge in [-0.2, -0.15) is 0 Å². The van der Waals surface area contributed by atoms with Crippen LogP contribution in [-0.4, -0.2) is 5.11 Å². The van der Waals surface area contributed by atoms with E-state index in [1.165, 1.54) is 0 Å². The van der Waals surface area contributed by atoms with Gasteiger partial charge in [0.15, 0.2) is 0 Å². The molecule has 0 heterocycles. The van der Waals surface area contributed by atoms with Gasteiger partial charge in [-0.1, -0.05) is 65.8 Å². The van der Waals surface area contributed by atoms with Crippen molar-refractivity contribution < 1.29 is 5.11 Å². The average Bonchev–Trinajstić information content (AvgIpc) is 2.59. The van der Waals surface area contributed by atoms with Crippen LogP contribution in [0.15, 0.2) is 83.8 Å². The third-order valence-electron chi connectivity index (χ3n) is 3.29. The minimum Gasteiger partial charge on any atom is -0.508 e. The first-order chi connectivity index (χ1) is 11.2. The van der Waals surface area contributed by atoms with E-state index in [2.05, 4.69) is 18.2 Å². The standard InChI is InChI=1S/C20H15ClOS/c21-17-8-12-19(13-9-17)23-20(16-4-2-1-3-5-16)14-15-6-10-18(22)11-7-15/h1-14,22H/b20-14-. The molecule has 0 saturated heterocycles. The van der Waals surface area contributed by atoms with E-state index in [-0.39, 0.29) is 5.75 Å². The Morgan fingerprint density at radius 1 is 0.826 bits per heavy atom. The Balaban J connectivity index is 1.96. The van der Waals surface area contributed by atoms with Gasteiger partial charge in [0.05, 0.1) is 0 Å². The molecule has 114 valence electrons. The summed E-state index contributed by atoms with van der Waals surface area (Å²) in [5.74, 6) is 0.272. The van der Waals surface area contributed by atoms with Crippen molar-refractivity contribution in [1.29, 1.82) is 0 Å². The van der Waals surface area contributed by atoms with Crippen LogP contribution in [0.3, 0.4) is 0 Å². The zero-order valence-corrected chi connectivity index (χ0v) is 13.9. The first-order valence-corrected chi connectivity index (χ1v) is 8.40. The summed E-state index contributed by atoms with van der Waals surface area (Å²) in [7, 11) is 0. The fraction of sp³-hybridized carbons (Fsp3) is 0. The number of hydrogen-bond acceptors (Lipinski definition) is 2. The predicted molar refractivity (Wildman–Crippen MR) is 99.7 cm³/mol. The van der Waals surface area contributed by atoms with E-state index in [1.807, 2.05) is 54.6 Å². The molecule has 1 N–H and O–H groups in total. The van der Waals surface area contributed by atoms with Crippen LogP contribution in [0.1, 0.15) is 11.1 Å². The minimum absolute atomic E-state index is 0.272. The van der Waals surface area contributed by atoms with Gasteiger partial charge in [-0.25, -0.2) is 0 Å². The number of phenols is 1. The summed E-state index contributed by atoms with van der Waals surface area (Å²) in [6, 6.07) is 25.3. The van der Waals surface area contributed by atoms with Crippen LogP contribution in [0, 0.1) is 0 Å². The van der Waals surface area contributed by atoms with Gasteiger partial charge in [0.2, 0.25) is 0 Å². The van der Waals surface area contributed by atoms with Crippen molar-refractivity contribution in [1.82, 2.24) is 0 Å². The van der Waals surface area contributed by atoms with Crippen LogP contribution in [0.25, 0.3) is 11.0 Å². The summed E-state index contributed by atoms with van der Waals surface area (Å²) < 4.78 is 0. The molecule has 0 aromatic heterocycles. The number of halogens is 1. The van der Waals surface area contributed by atoms with Crippen LogP contribution >= 0.6 is 23.4 Å². The SMILES string of the molecule is Oc1ccc(/C=C(\Sc2ccc(Cl)cc2)c2ccccc2)cc1. The number of thioether (sulfide) groups is 1. The molecule has 0 saturated carbocycles. The molecule has 0 aliphatic carbocycles. The van der Waals surface area contributed by atoms with E-state index in [4.69, 9.17) is 11.6 Å². The van der Waals surface area contributed by atoms with Crippen LogP contribution in [0.4, 0.5) is 0 Å².